The molecule has 88 valence electrons. The Kier molecular flexibility index (Phi) is 4.63. The lowest BCUT2D eigenvalue weighted by Gasteiger charge is -2.46. The van der Waals surface area contributed by atoms with Crippen molar-refractivity contribution in [2.45, 2.75) is 45.7 Å². The van der Waals surface area contributed by atoms with Crippen molar-refractivity contribution in [1.29, 1.82) is 0 Å². The van der Waals surface area contributed by atoms with Crippen molar-refractivity contribution in [2.24, 2.45) is 0 Å². The molecule has 1 aliphatic heterocycles. The van der Waals surface area contributed by atoms with Crippen LogP contribution in [0, 0.1) is 0 Å². The zero-order chi connectivity index (χ0) is 11.5. The number of nitrogens with one attached hydrogen (secondary N) is 1. The van der Waals surface area contributed by atoms with E-state index >= 15 is 0 Å². The average molecular weight is 231 g/mol. The summed E-state index contributed by atoms with van der Waals surface area (Å²) >= 11 is 5.73. The molecule has 2 nitrogen and oxygen atoms in total. The second-order valence-corrected chi connectivity index (χ2v) is 5.35. The third-order valence-electron chi connectivity index (χ3n) is 3.24. The number of hydrogen-bond acceptors (Lipinski definition) is 2. The van der Waals surface area contributed by atoms with E-state index in [-0.39, 0.29) is 5.54 Å². The number of piperazine rings is 1. The van der Waals surface area contributed by atoms with Gasteiger partial charge in [-0.2, -0.15) is 0 Å². The smallest absolute Gasteiger partial charge is 0.0281 e. The second-order valence-electron chi connectivity index (χ2n) is 5.13. The SMILES string of the molecule is CCC1CN(CC(C)=CCl)C(C)(C)CN1. The molecule has 0 aromatic heterocycles. The monoisotopic (exact) mass is 230 g/mol. The van der Waals surface area contributed by atoms with Gasteiger partial charge < -0.3 is 5.32 Å². The fourth-order valence-corrected chi connectivity index (χ4v) is 2.04. The first-order valence-electron chi connectivity index (χ1n) is 5.74. The van der Waals surface area contributed by atoms with Crippen molar-refractivity contribution in [3.63, 3.8) is 0 Å². The Morgan fingerprint density at radius 1 is 1.60 bits per heavy atom. The van der Waals surface area contributed by atoms with Crippen LogP contribution in [0.4, 0.5) is 0 Å². The number of hydrogen-bond donors (Lipinski definition) is 1. The fourth-order valence-electron chi connectivity index (χ4n) is 1.97. The van der Waals surface area contributed by atoms with Crippen LogP contribution >= 0.6 is 11.6 Å². The first-order valence-corrected chi connectivity index (χ1v) is 6.17. The number of rotatable bonds is 3. The summed E-state index contributed by atoms with van der Waals surface area (Å²) < 4.78 is 0. The van der Waals surface area contributed by atoms with Gasteiger partial charge in [0, 0.05) is 36.8 Å². The summed E-state index contributed by atoms with van der Waals surface area (Å²) in [6, 6.07) is 0.626. The molecule has 0 radical (unpaired) electrons. The minimum absolute atomic E-state index is 0.229. The van der Waals surface area contributed by atoms with Crippen LogP contribution in [0.15, 0.2) is 11.1 Å². The molecule has 1 fully saturated rings. The van der Waals surface area contributed by atoms with E-state index in [0.717, 1.165) is 19.6 Å². The molecule has 0 spiro atoms. The van der Waals surface area contributed by atoms with Gasteiger partial charge >= 0.3 is 0 Å². The summed E-state index contributed by atoms with van der Waals surface area (Å²) in [4.78, 5) is 2.52. The van der Waals surface area contributed by atoms with Gasteiger partial charge in [0.25, 0.3) is 0 Å². The Morgan fingerprint density at radius 2 is 2.27 bits per heavy atom. The van der Waals surface area contributed by atoms with Crippen LogP contribution in [0.5, 0.6) is 0 Å². The minimum atomic E-state index is 0.229. The van der Waals surface area contributed by atoms with Gasteiger partial charge in [-0.3, -0.25) is 4.90 Å². The van der Waals surface area contributed by atoms with Gasteiger partial charge in [-0.25, -0.2) is 0 Å². The Balaban J connectivity index is 2.64. The molecule has 0 aromatic carbocycles. The van der Waals surface area contributed by atoms with Crippen molar-refractivity contribution >= 4 is 11.6 Å². The molecule has 1 aliphatic rings. The summed E-state index contributed by atoms with van der Waals surface area (Å²) in [5.74, 6) is 0. The normalized spacial score (nSPS) is 28.1. The van der Waals surface area contributed by atoms with Crippen molar-refractivity contribution in [3.05, 3.63) is 11.1 Å². The van der Waals surface area contributed by atoms with E-state index in [1.54, 1.807) is 5.54 Å². The van der Waals surface area contributed by atoms with Crippen molar-refractivity contribution in [1.82, 2.24) is 10.2 Å². The molecular formula is C12H23ClN2. The van der Waals surface area contributed by atoms with E-state index in [1.165, 1.54) is 12.0 Å². The topological polar surface area (TPSA) is 15.3 Å². The molecule has 1 rings (SSSR count). The predicted octanol–water partition coefficient (Wildman–Crippen LogP) is 2.59. The standard InChI is InChI=1S/C12H23ClN2/c1-5-11-8-15(7-10(2)6-13)12(3,4)9-14-11/h6,11,14H,5,7-9H2,1-4H3. The highest BCUT2D eigenvalue weighted by atomic mass is 35.5. The van der Waals surface area contributed by atoms with Gasteiger partial charge in [-0.15, -0.1) is 0 Å². The molecule has 1 saturated heterocycles. The Morgan fingerprint density at radius 3 is 2.80 bits per heavy atom. The van der Waals surface area contributed by atoms with Crippen LogP contribution in [0.25, 0.3) is 0 Å². The Hall–Kier alpha value is -0.0500. The van der Waals surface area contributed by atoms with Gasteiger partial charge in [0.2, 0.25) is 0 Å². The molecule has 0 aromatic rings. The van der Waals surface area contributed by atoms with Crippen LogP contribution in [0.3, 0.4) is 0 Å². The van der Waals surface area contributed by atoms with E-state index in [0.29, 0.717) is 6.04 Å². The van der Waals surface area contributed by atoms with Gasteiger partial charge in [-0.1, -0.05) is 18.5 Å². The molecule has 0 saturated carbocycles. The largest absolute Gasteiger partial charge is 0.311 e. The summed E-state index contributed by atoms with van der Waals surface area (Å²) in [6.45, 7) is 12.0. The molecule has 0 bridgehead atoms. The van der Waals surface area contributed by atoms with E-state index < -0.39 is 0 Å². The molecular weight excluding hydrogens is 208 g/mol. The van der Waals surface area contributed by atoms with Gasteiger partial charge in [0.15, 0.2) is 0 Å². The van der Waals surface area contributed by atoms with Crippen molar-refractivity contribution in [3.8, 4) is 0 Å². The molecule has 0 aliphatic carbocycles. The molecule has 1 N–H and O–H groups in total. The molecule has 3 heteroatoms. The highest BCUT2D eigenvalue weighted by molar-refractivity contribution is 6.25. The van der Waals surface area contributed by atoms with Gasteiger partial charge in [0.1, 0.15) is 0 Å². The summed E-state index contributed by atoms with van der Waals surface area (Å²) in [7, 11) is 0. The molecule has 1 unspecified atom stereocenters. The van der Waals surface area contributed by atoms with Crippen LogP contribution in [-0.4, -0.2) is 36.1 Å². The molecule has 1 atom stereocenters. The summed E-state index contributed by atoms with van der Waals surface area (Å²) in [5.41, 5.74) is 3.16. The lowest BCUT2D eigenvalue weighted by atomic mass is 9.96. The van der Waals surface area contributed by atoms with E-state index in [2.05, 4.69) is 37.9 Å². The number of nitrogens with zero attached hydrogens (tertiary/aromatic N) is 1. The molecule has 15 heavy (non-hydrogen) atoms. The van der Waals surface area contributed by atoms with E-state index in [9.17, 15) is 0 Å². The van der Waals surface area contributed by atoms with Crippen LogP contribution in [0.1, 0.15) is 34.1 Å². The summed E-state index contributed by atoms with van der Waals surface area (Å²) in [6.07, 6.45) is 1.19. The van der Waals surface area contributed by atoms with Crippen LogP contribution in [0.2, 0.25) is 0 Å². The average Bonchev–Trinajstić information content (AvgIpc) is 2.21. The van der Waals surface area contributed by atoms with Gasteiger partial charge in [0.05, 0.1) is 0 Å². The van der Waals surface area contributed by atoms with Gasteiger partial charge in [-0.05, 0) is 32.8 Å². The van der Waals surface area contributed by atoms with Crippen molar-refractivity contribution in [2.75, 3.05) is 19.6 Å². The van der Waals surface area contributed by atoms with Crippen LogP contribution < -0.4 is 5.32 Å². The van der Waals surface area contributed by atoms with Crippen LogP contribution in [-0.2, 0) is 0 Å². The third kappa shape index (κ3) is 3.47. The first-order chi connectivity index (χ1) is 6.99. The lowest BCUT2D eigenvalue weighted by Crippen LogP contribution is -2.61. The van der Waals surface area contributed by atoms with E-state index in [4.69, 9.17) is 11.6 Å². The predicted molar refractivity (Wildman–Crippen MR) is 67.3 cm³/mol. The highest BCUT2D eigenvalue weighted by Crippen LogP contribution is 2.20. The van der Waals surface area contributed by atoms with Crippen molar-refractivity contribution < 1.29 is 0 Å². The maximum atomic E-state index is 5.73. The maximum absolute atomic E-state index is 5.73. The first kappa shape index (κ1) is 13.0. The quantitative estimate of drug-likeness (QED) is 0.802. The highest BCUT2D eigenvalue weighted by Gasteiger charge is 2.32. The maximum Gasteiger partial charge on any atom is 0.0281 e. The summed E-state index contributed by atoms with van der Waals surface area (Å²) in [5, 5.41) is 3.59. The Bertz CT molecular complexity index is 236. The zero-order valence-electron chi connectivity index (χ0n) is 10.3. The second kappa shape index (κ2) is 5.33. The minimum Gasteiger partial charge on any atom is -0.311 e. The molecule has 1 heterocycles. The Labute approximate surface area is 98.7 Å². The fraction of sp³-hybridized carbons (Fsp3) is 0.833. The number of halogens is 1. The lowest BCUT2D eigenvalue weighted by molar-refractivity contribution is 0.0749. The van der Waals surface area contributed by atoms with E-state index in [1.807, 2.05) is 0 Å². The zero-order valence-corrected chi connectivity index (χ0v) is 11.1. The molecule has 0 amide bonds. The third-order valence-corrected chi connectivity index (χ3v) is 3.61.